The maximum absolute atomic E-state index is 12.6. The summed E-state index contributed by atoms with van der Waals surface area (Å²) in [7, 11) is 1.60. The molecule has 0 radical (unpaired) electrons. The van der Waals surface area contributed by atoms with Crippen molar-refractivity contribution >= 4 is 23.2 Å². The molecule has 3 aromatic rings. The second-order valence-electron chi connectivity index (χ2n) is 5.68. The van der Waals surface area contributed by atoms with E-state index in [1.807, 2.05) is 25.1 Å². The molecule has 3 rings (SSSR count). The van der Waals surface area contributed by atoms with E-state index in [0.29, 0.717) is 46.7 Å². The van der Waals surface area contributed by atoms with Gasteiger partial charge in [0.25, 0.3) is 5.91 Å². The summed E-state index contributed by atoms with van der Waals surface area (Å²) in [4.78, 5) is 16.9. The van der Waals surface area contributed by atoms with Crippen molar-refractivity contribution in [3.05, 3.63) is 65.1 Å². The molecule has 0 aliphatic rings. The molecular formula is C19H19ClN4O3. The van der Waals surface area contributed by atoms with E-state index >= 15 is 0 Å². The number of nitrogens with one attached hydrogen (secondary N) is 1. The van der Waals surface area contributed by atoms with Gasteiger partial charge in [0.2, 0.25) is 0 Å². The van der Waals surface area contributed by atoms with Gasteiger partial charge in [0.1, 0.15) is 12.4 Å². The summed E-state index contributed by atoms with van der Waals surface area (Å²) in [5, 5.41) is 7.49. The van der Waals surface area contributed by atoms with Gasteiger partial charge < -0.3 is 14.8 Å². The van der Waals surface area contributed by atoms with Crippen LogP contribution in [0, 0.1) is 6.92 Å². The lowest BCUT2D eigenvalue weighted by Crippen LogP contribution is -2.13. The number of anilines is 1. The number of rotatable bonds is 7. The van der Waals surface area contributed by atoms with Gasteiger partial charge in [-0.2, -0.15) is 5.10 Å². The SMILES string of the molecule is COCCOc1ccc(NC(=O)c2cnn(-c3ccccn3)c2C)cc1Cl. The maximum atomic E-state index is 12.6. The van der Waals surface area contributed by atoms with E-state index in [1.54, 1.807) is 36.2 Å². The van der Waals surface area contributed by atoms with Crippen LogP contribution in [0.2, 0.25) is 5.02 Å². The largest absolute Gasteiger partial charge is 0.490 e. The molecular weight excluding hydrogens is 368 g/mol. The first kappa shape index (κ1) is 18.9. The number of pyridine rings is 1. The Hall–Kier alpha value is -2.90. The highest BCUT2D eigenvalue weighted by atomic mass is 35.5. The Bertz CT molecular complexity index is 928. The standard InChI is InChI=1S/C19H19ClN4O3/c1-13-15(12-22-24(13)18-5-3-4-8-21-18)19(25)23-14-6-7-17(16(20)11-14)27-10-9-26-2/h3-8,11-12H,9-10H2,1-2H3,(H,23,25). The monoisotopic (exact) mass is 386 g/mol. The number of benzene rings is 1. The van der Waals surface area contributed by atoms with Crippen LogP contribution in [-0.4, -0.2) is 41.0 Å². The molecule has 2 aromatic heterocycles. The summed E-state index contributed by atoms with van der Waals surface area (Å²) in [5.74, 6) is 0.902. The highest BCUT2D eigenvalue weighted by molar-refractivity contribution is 6.32. The van der Waals surface area contributed by atoms with Crippen molar-refractivity contribution in [2.75, 3.05) is 25.6 Å². The quantitative estimate of drug-likeness (QED) is 0.629. The van der Waals surface area contributed by atoms with E-state index in [9.17, 15) is 4.79 Å². The van der Waals surface area contributed by atoms with Crippen LogP contribution in [0.5, 0.6) is 5.75 Å². The second kappa shape index (κ2) is 8.66. The molecule has 0 spiro atoms. The third-order valence-electron chi connectivity index (χ3n) is 3.86. The van der Waals surface area contributed by atoms with Crippen molar-refractivity contribution in [2.24, 2.45) is 0 Å². The summed E-state index contributed by atoms with van der Waals surface area (Å²) in [6.45, 7) is 2.68. The first-order chi connectivity index (χ1) is 13.1. The van der Waals surface area contributed by atoms with Gasteiger partial charge in [-0.1, -0.05) is 17.7 Å². The zero-order valence-electron chi connectivity index (χ0n) is 15.0. The molecule has 7 nitrogen and oxygen atoms in total. The third kappa shape index (κ3) is 4.45. The molecule has 0 fully saturated rings. The number of hydrogen-bond acceptors (Lipinski definition) is 5. The fourth-order valence-corrected chi connectivity index (χ4v) is 2.71. The Kier molecular flexibility index (Phi) is 6.05. The zero-order valence-corrected chi connectivity index (χ0v) is 15.7. The number of halogens is 1. The van der Waals surface area contributed by atoms with Crippen LogP contribution in [0.1, 0.15) is 16.1 Å². The average molecular weight is 387 g/mol. The first-order valence-corrected chi connectivity index (χ1v) is 8.66. The number of amides is 1. The number of ether oxygens (including phenoxy) is 2. The smallest absolute Gasteiger partial charge is 0.259 e. The van der Waals surface area contributed by atoms with Crippen molar-refractivity contribution in [1.82, 2.24) is 14.8 Å². The Morgan fingerprint density at radius 1 is 1.26 bits per heavy atom. The lowest BCUT2D eigenvalue weighted by atomic mass is 10.2. The van der Waals surface area contributed by atoms with Crippen LogP contribution < -0.4 is 10.1 Å². The van der Waals surface area contributed by atoms with Gasteiger partial charge in [-0.15, -0.1) is 0 Å². The molecule has 27 heavy (non-hydrogen) atoms. The van der Waals surface area contributed by atoms with E-state index in [0.717, 1.165) is 0 Å². The molecule has 0 bridgehead atoms. The van der Waals surface area contributed by atoms with E-state index in [2.05, 4.69) is 15.4 Å². The van der Waals surface area contributed by atoms with Gasteiger partial charge in [0.15, 0.2) is 5.82 Å². The maximum Gasteiger partial charge on any atom is 0.259 e. The summed E-state index contributed by atoms with van der Waals surface area (Å²) < 4.78 is 12.1. The molecule has 8 heteroatoms. The van der Waals surface area contributed by atoms with Crippen LogP contribution in [0.25, 0.3) is 5.82 Å². The van der Waals surface area contributed by atoms with Crippen LogP contribution >= 0.6 is 11.6 Å². The predicted molar refractivity (Wildman–Crippen MR) is 103 cm³/mol. The Labute approximate surface area is 161 Å². The topological polar surface area (TPSA) is 78.3 Å². The molecule has 0 unspecified atom stereocenters. The van der Waals surface area contributed by atoms with Crippen molar-refractivity contribution in [2.45, 2.75) is 6.92 Å². The van der Waals surface area contributed by atoms with Crippen molar-refractivity contribution < 1.29 is 14.3 Å². The minimum atomic E-state index is -0.279. The first-order valence-electron chi connectivity index (χ1n) is 8.29. The summed E-state index contributed by atoms with van der Waals surface area (Å²) >= 11 is 6.21. The Morgan fingerprint density at radius 3 is 2.81 bits per heavy atom. The Morgan fingerprint density at radius 2 is 2.11 bits per heavy atom. The number of aromatic nitrogens is 3. The van der Waals surface area contributed by atoms with E-state index in [1.165, 1.54) is 6.20 Å². The molecule has 0 aliphatic carbocycles. The minimum Gasteiger partial charge on any atom is -0.490 e. The number of nitrogens with zero attached hydrogens (tertiary/aromatic N) is 3. The summed E-state index contributed by atoms with van der Waals surface area (Å²) in [5.41, 5.74) is 1.71. The van der Waals surface area contributed by atoms with Gasteiger partial charge in [-0.05, 0) is 37.3 Å². The van der Waals surface area contributed by atoms with Crippen molar-refractivity contribution in [1.29, 1.82) is 0 Å². The van der Waals surface area contributed by atoms with Crippen LogP contribution in [0.15, 0.2) is 48.8 Å². The molecule has 0 saturated heterocycles. The van der Waals surface area contributed by atoms with Gasteiger partial charge in [-0.25, -0.2) is 9.67 Å². The molecule has 1 amide bonds. The van der Waals surface area contributed by atoms with Gasteiger partial charge in [0.05, 0.1) is 29.1 Å². The number of carbonyl (C=O) groups is 1. The van der Waals surface area contributed by atoms with E-state index in [4.69, 9.17) is 21.1 Å². The molecule has 1 N–H and O–H groups in total. The lowest BCUT2D eigenvalue weighted by Gasteiger charge is -2.10. The zero-order chi connectivity index (χ0) is 19.2. The number of hydrogen-bond donors (Lipinski definition) is 1. The number of carbonyl (C=O) groups excluding carboxylic acids is 1. The van der Waals surface area contributed by atoms with Crippen LogP contribution in [0.4, 0.5) is 5.69 Å². The molecule has 140 valence electrons. The Balaban J connectivity index is 1.72. The molecule has 0 aliphatic heterocycles. The minimum absolute atomic E-state index is 0.279. The van der Waals surface area contributed by atoms with Crippen LogP contribution in [-0.2, 0) is 4.74 Å². The van der Waals surface area contributed by atoms with Crippen molar-refractivity contribution in [3.8, 4) is 11.6 Å². The fourth-order valence-electron chi connectivity index (χ4n) is 2.47. The van der Waals surface area contributed by atoms with Crippen LogP contribution in [0.3, 0.4) is 0 Å². The van der Waals surface area contributed by atoms with E-state index < -0.39 is 0 Å². The van der Waals surface area contributed by atoms with Gasteiger partial charge in [0, 0.05) is 19.0 Å². The second-order valence-corrected chi connectivity index (χ2v) is 6.09. The van der Waals surface area contributed by atoms with Crippen molar-refractivity contribution in [3.63, 3.8) is 0 Å². The molecule has 1 aromatic carbocycles. The number of methoxy groups -OCH3 is 1. The molecule has 0 saturated carbocycles. The molecule has 2 heterocycles. The van der Waals surface area contributed by atoms with E-state index in [-0.39, 0.29) is 5.91 Å². The third-order valence-corrected chi connectivity index (χ3v) is 4.15. The summed E-state index contributed by atoms with van der Waals surface area (Å²) in [6.07, 6.45) is 3.19. The average Bonchev–Trinajstić information content (AvgIpc) is 3.06. The lowest BCUT2D eigenvalue weighted by molar-refractivity contribution is 0.102. The highest BCUT2D eigenvalue weighted by Crippen LogP contribution is 2.28. The fraction of sp³-hybridized carbons (Fsp3) is 0.211. The highest BCUT2D eigenvalue weighted by Gasteiger charge is 2.16. The summed E-state index contributed by atoms with van der Waals surface area (Å²) in [6, 6.07) is 10.6. The molecule has 0 atom stereocenters. The van der Waals surface area contributed by atoms with Gasteiger partial charge >= 0.3 is 0 Å². The predicted octanol–water partition coefficient (Wildman–Crippen LogP) is 3.51. The van der Waals surface area contributed by atoms with Gasteiger partial charge in [-0.3, -0.25) is 4.79 Å². The normalized spacial score (nSPS) is 10.6.